The van der Waals surface area contributed by atoms with Crippen molar-refractivity contribution < 1.29 is 13.2 Å². The minimum atomic E-state index is -0.924. The fourth-order valence-corrected chi connectivity index (χ4v) is 2.58. The van der Waals surface area contributed by atoms with E-state index in [0.717, 1.165) is 11.6 Å². The molecule has 1 unspecified atom stereocenters. The molecule has 2 rings (SSSR count). The highest BCUT2D eigenvalue weighted by molar-refractivity contribution is 9.10. The lowest BCUT2D eigenvalue weighted by atomic mass is 9.98. The summed E-state index contributed by atoms with van der Waals surface area (Å²) in [6.07, 6.45) is 0. The van der Waals surface area contributed by atoms with Crippen molar-refractivity contribution in [2.45, 2.75) is 13.0 Å². The van der Waals surface area contributed by atoms with Gasteiger partial charge in [-0.2, -0.15) is 0 Å². The molecule has 0 saturated heterocycles. The Labute approximate surface area is 123 Å². The zero-order valence-electron chi connectivity index (χ0n) is 10.8. The topological polar surface area (TPSA) is 12.0 Å². The monoisotopic (exact) mass is 343 g/mol. The van der Waals surface area contributed by atoms with E-state index in [2.05, 4.69) is 21.2 Å². The molecule has 0 fully saturated rings. The zero-order valence-corrected chi connectivity index (χ0v) is 12.3. The van der Waals surface area contributed by atoms with Gasteiger partial charge in [-0.15, -0.1) is 0 Å². The molecule has 0 radical (unpaired) electrons. The second-order valence-electron chi connectivity index (χ2n) is 4.31. The highest BCUT2D eigenvalue weighted by atomic mass is 79.9. The third-order valence-corrected chi connectivity index (χ3v) is 3.79. The van der Waals surface area contributed by atoms with Gasteiger partial charge in [-0.25, -0.2) is 13.2 Å². The van der Waals surface area contributed by atoms with Crippen molar-refractivity contribution in [1.82, 2.24) is 5.32 Å². The molecule has 106 valence electrons. The Kier molecular flexibility index (Phi) is 4.83. The van der Waals surface area contributed by atoms with Gasteiger partial charge in [-0.05, 0) is 51.8 Å². The number of rotatable bonds is 4. The summed E-state index contributed by atoms with van der Waals surface area (Å²) in [6.45, 7) is 2.54. The molecule has 0 aliphatic carbocycles. The molecule has 1 N–H and O–H groups in total. The quantitative estimate of drug-likeness (QED) is 0.802. The van der Waals surface area contributed by atoms with E-state index >= 15 is 0 Å². The number of hydrogen-bond donors (Lipinski definition) is 1. The summed E-state index contributed by atoms with van der Waals surface area (Å²) in [5, 5.41) is 3.18. The predicted octanol–water partition coefficient (Wildman–Crippen LogP) is 4.57. The molecule has 0 bridgehead atoms. The van der Waals surface area contributed by atoms with Crippen LogP contribution in [0.3, 0.4) is 0 Å². The molecule has 1 atom stereocenters. The summed E-state index contributed by atoms with van der Waals surface area (Å²) in [5.41, 5.74) is 1.34. The second-order valence-corrected chi connectivity index (χ2v) is 5.10. The summed E-state index contributed by atoms with van der Waals surface area (Å²) < 4.78 is 39.9. The van der Waals surface area contributed by atoms with Crippen LogP contribution < -0.4 is 5.32 Å². The van der Waals surface area contributed by atoms with Crippen molar-refractivity contribution in [2.75, 3.05) is 6.54 Å². The first-order chi connectivity index (χ1) is 9.54. The Morgan fingerprint density at radius 1 is 1.05 bits per heavy atom. The van der Waals surface area contributed by atoms with Crippen LogP contribution in [0.15, 0.2) is 40.9 Å². The number of hydrogen-bond acceptors (Lipinski definition) is 1. The third kappa shape index (κ3) is 3.04. The molecule has 0 aliphatic heterocycles. The van der Waals surface area contributed by atoms with Gasteiger partial charge >= 0.3 is 0 Å². The fraction of sp³-hybridized carbons (Fsp3) is 0.200. The molecule has 1 nitrogen and oxygen atoms in total. The highest BCUT2D eigenvalue weighted by Gasteiger charge is 2.20. The van der Waals surface area contributed by atoms with Crippen molar-refractivity contribution in [3.05, 3.63) is 69.4 Å². The lowest BCUT2D eigenvalue weighted by molar-refractivity contribution is 0.498. The average molecular weight is 344 g/mol. The van der Waals surface area contributed by atoms with Crippen molar-refractivity contribution in [3.8, 4) is 0 Å². The maximum absolute atomic E-state index is 13.7. The second kappa shape index (κ2) is 6.41. The molecule has 2 aromatic carbocycles. The highest BCUT2D eigenvalue weighted by Crippen LogP contribution is 2.31. The van der Waals surface area contributed by atoms with Gasteiger partial charge in [0.25, 0.3) is 0 Å². The Morgan fingerprint density at radius 2 is 1.70 bits per heavy atom. The summed E-state index contributed by atoms with van der Waals surface area (Å²) in [7, 11) is 0. The van der Waals surface area contributed by atoms with E-state index < -0.39 is 11.6 Å². The molecule has 2 aromatic rings. The Balaban J connectivity index is 2.48. The molecular formula is C15H13BrF3N. The number of nitrogens with one attached hydrogen (secondary N) is 1. The van der Waals surface area contributed by atoms with Crippen LogP contribution >= 0.6 is 15.9 Å². The minimum Gasteiger partial charge on any atom is -0.306 e. The van der Waals surface area contributed by atoms with Gasteiger partial charge in [0.15, 0.2) is 11.6 Å². The molecule has 20 heavy (non-hydrogen) atoms. The largest absolute Gasteiger partial charge is 0.306 e. The maximum Gasteiger partial charge on any atom is 0.173 e. The SMILES string of the molecule is CCNC(c1ccc(F)cc1)c1ccc(F)c(F)c1Br. The van der Waals surface area contributed by atoms with E-state index in [9.17, 15) is 13.2 Å². The van der Waals surface area contributed by atoms with Crippen LogP contribution in [0, 0.1) is 17.5 Å². The van der Waals surface area contributed by atoms with Crippen LogP contribution in [0.25, 0.3) is 0 Å². The molecule has 0 saturated carbocycles. The minimum absolute atomic E-state index is 0.0766. The van der Waals surface area contributed by atoms with Gasteiger partial charge in [-0.3, -0.25) is 0 Å². The third-order valence-electron chi connectivity index (χ3n) is 2.99. The Hall–Kier alpha value is -1.33. The molecule has 0 aromatic heterocycles. The smallest absolute Gasteiger partial charge is 0.173 e. The molecular weight excluding hydrogens is 331 g/mol. The van der Waals surface area contributed by atoms with Crippen LogP contribution in [0.4, 0.5) is 13.2 Å². The van der Waals surface area contributed by atoms with Crippen LogP contribution in [-0.4, -0.2) is 6.54 Å². The van der Waals surface area contributed by atoms with Crippen LogP contribution in [0.5, 0.6) is 0 Å². The normalized spacial score (nSPS) is 12.4. The Morgan fingerprint density at radius 3 is 2.30 bits per heavy atom. The molecule has 0 heterocycles. The molecule has 0 spiro atoms. The van der Waals surface area contributed by atoms with Gasteiger partial charge in [0.1, 0.15) is 5.82 Å². The average Bonchev–Trinajstić information content (AvgIpc) is 2.44. The Bertz CT molecular complexity index is 599. The van der Waals surface area contributed by atoms with Gasteiger partial charge in [-0.1, -0.05) is 25.1 Å². The van der Waals surface area contributed by atoms with Crippen molar-refractivity contribution in [3.63, 3.8) is 0 Å². The van der Waals surface area contributed by atoms with E-state index in [1.165, 1.54) is 18.2 Å². The van der Waals surface area contributed by atoms with E-state index in [1.54, 1.807) is 12.1 Å². The van der Waals surface area contributed by atoms with Gasteiger partial charge in [0, 0.05) is 0 Å². The van der Waals surface area contributed by atoms with Crippen LogP contribution in [0.2, 0.25) is 0 Å². The zero-order chi connectivity index (χ0) is 14.7. The fourth-order valence-electron chi connectivity index (χ4n) is 2.03. The summed E-state index contributed by atoms with van der Waals surface area (Å²) in [4.78, 5) is 0. The van der Waals surface area contributed by atoms with Crippen molar-refractivity contribution in [2.24, 2.45) is 0 Å². The maximum atomic E-state index is 13.7. The van der Waals surface area contributed by atoms with E-state index in [-0.39, 0.29) is 16.3 Å². The molecule has 0 amide bonds. The molecule has 0 aliphatic rings. The number of benzene rings is 2. The van der Waals surface area contributed by atoms with Gasteiger partial charge < -0.3 is 5.32 Å². The predicted molar refractivity (Wildman–Crippen MR) is 76.0 cm³/mol. The number of halogens is 4. The van der Waals surface area contributed by atoms with Crippen LogP contribution in [-0.2, 0) is 0 Å². The van der Waals surface area contributed by atoms with E-state index in [0.29, 0.717) is 12.1 Å². The summed E-state index contributed by atoms with van der Waals surface area (Å²) in [5.74, 6) is -2.17. The van der Waals surface area contributed by atoms with Crippen LogP contribution in [0.1, 0.15) is 24.1 Å². The lowest BCUT2D eigenvalue weighted by Crippen LogP contribution is -2.22. The lowest BCUT2D eigenvalue weighted by Gasteiger charge is -2.20. The molecule has 5 heteroatoms. The first-order valence-electron chi connectivity index (χ1n) is 6.16. The van der Waals surface area contributed by atoms with Crippen molar-refractivity contribution >= 4 is 15.9 Å². The first kappa shape index (κ1) is 15.1. The first-order valence-corrected chi connectivity index (χ1v) is 6.96. The van der Waals surface area contributed by atoms with Gasteiger partial charge in [0.05, 0.1) is 10.5 Å². The summed E-state index contributed by atoms with van der Waals surface area (Å²) >= 11 is 3.08. The van der Waals surface area contributed by atoms with E-state index in [1.807, 2.05) is 6.92 Å². The van der Waals surface area contributed by atoms with Gasteiger partial charge in [0.2, 0.25) is 0 Å². The van der Waals surface area contributed by atoms with Crippen molar-refractivity contribution in [1.29, 1.82) is 0 Å². The summed E-state index contributed by atoms with van der Waals surface area (Å²) in [6, 6.07) is 8.18. The van der Waals surface area contributed by atoms with E-state index in [4.69, 9.17) is 0 Å². The standard InChI is InChI=1S/C15H13BrF3N/c1-2-20-15(9-3-5-10(17)6-4-9)11-7-8-12(18)14(19)13(11)16/h3-8,15,20H,2H2,1H3.